The van der Waals surface area contributed by atoms with Gasteiger partial charge in [0.05, 0.1) is 6.42 Å². The number of carboxylic acids is 1. The number of carbonyl (C=O) groups excluding carboxylic acids is 1. The summed E-state index contributed by atoms with van der Waals surface area (Å²) in [5.74, 6) is -0.642. The highest BCUT2D eigenvalue weighted by Gasteiger charge is 2.08. The van der Waals surface area contributed by atoms with E-state index in [0.717, 1.165) is 22.8 Å². The maximum Gasteiger partial charge on any atom is 0.308 e. The van der Waals surface area contributed by atoms with E-state index in [1.807, 2.05) is 30.9 Å². The van der Waals surface area contributed by atoms with Crippen molar-refractivity contribution in [1.82, 2.24) is 10.2 Å². The van der Waals surface area contributed by atoms with Crippen LogP contribution in [0.25, 0.3) is 0 Å². The Kier molecular flexibility index (Phi) is 7.25. The van der Waals surface area contributed by atoms with Crippen LogP contribution >= 0.6 is 11.3 Å². The first kappa shape index (κ1) is 16.7. The van der Waals surface area contributed by atoms with Crippen molar-refractivity contribution in [2.24, 2.45) is 0 Å². The maximum absolute atomic E-state index is 11.8. The Hall–Kier alpha value is -1.40. The highest BCUT2D eigenvalue weighted by atomic mass is 32.1. The van der Waals surface area contributed by atoms with Crippen molar-refractivity contribution in [1.29, 1.82) is 0 Å². The molecule has 0 fully saturated rings. The summed E-state index contributed by atoms with van der Waals surface area (Å²) in [5.41, 5.74) is 0. The van der Waals surface area contributed by atoms with Gasteiger partial charge in [-0.25, -0.2) is 0 Å². The normalized spacial score (nSPS) is 10.5. The minimum atomic E-state index is -0.809. The Morgan fingerprint density at radius 1 is 1.25 bits per heavy atom. The Balaban J connectivity index is 2.25. The molecule has 1 aromatic rings. The lowest BCUT2D eigenvalue weighted by Crippen LogP contribution is -2.32. The van der Waals surface area contributed by atoms with Crippen LogP contribution in [0.1, 0.15) is 30.0 Å². The second-order valence-electron chi connectivity index (χ2n) is 4.43. The second-order valence-corrected chi connectivity index (χ2v) is 5.68. The van der Waals surface area contributed by atoms with Gasteiger partial charge < -0.3 is 15.3 Å². The Bertz CT molecular complexity index is 441. The van der Waals surface area contributed by atoms with Crippen molar-refractivity contribution in [2.45, 2.75) is 33.2 Å². The topological polar surface area (TPSA) is 69.6 Å². The number of nitrogens with zero attached hydrogens (tertiary/aromatic N) is 1. The molecule has 20 heavy (non-hydrogen) atoms. The van der Waals surface area contributed by atoms with Gasteiger partial charge in [0.25, 0.3) is 0 Å². The zero-order valence-corrected chi connectivity index (χ0v) is 12.8. The van der Waals surface area contributed by atoms with Gasteiger partial charge in [0, 0.05) is 42.4 Å². The molecular formula is C14H22N2O3S. The molecule has 0 spiro atoms. The zero-order chi connectivity index (χ0) is 15.0. The predicted octanol–water partition coefficient (Wildman–Crippen LogP) is 1.72. The number of rotatable bonds is 9. The minimum absolute atomic E-state index is 0.0745. The lowest BCUT2D eigenvalue weighted by molar-refractivity contribution is -0.136. The maximum atomic E-state index is 11.8. The average molecular weight is 298 g/mol. The summed E-state index contributed by atoms with van der Waals surface area (Å²) in [6.07, 6.45) is 0.570. The van der Waals surface area contributed by atoms with Gasteiger partial charge in [-0.3, -0.25) is 9.59 Å². The number of aliphatic carboxylic acids is 1. The zero-order valence-electron chi connectivity index (χ0n) is 12.0. The SMILES string of the molecule is CCN(CC)C(=O)CCNCc1ccc(CC(=O)O)s1. The van der Waals surface area contributed by atoms with E-state index in [1.54, 1.807) is 0 Å². The van der Waals surface area contributed by atoms with Gasteiger partial charge in [-0.2, -0.15) is 0 Å². The van der Waals surface area contributed by atoms with Gasteiger partial charge in [0.2, 0.25) is 5.91 Å². The highest BCUT2D eigenvalue weighted by molar-refractivity contribution is 7.12. The summed E-state index contributed by atoms with van der Waals surface area (Å²) in [6.45, 7) is 6.77. The van der Waals surface area contributed by atoms with Crippen molar-refractivity contribution < 1.29 is 14.7 Å². The molecule has 0 aliphatic carbocycles. The minimum Gasteiger partial charge on any atom is -0.481 e. The van der Waals surface area contributed by atoms with Crippen molar-refractivity contribution in [3.63, 3.8) is 0 Å². The van der Waals surface area contributed by atoms with Gasteiger partial charge in [-0.15, -0.1) is 11.3 Å². The number of carboxylic acid groups (broad SMARTS) is 1. The lowest BCUT2D eigenvalue weighted by Gasteiger charge is -2.18. The fourth-order valence-electron chi connectivity index (χ4n) is 1.90. The van der Waals surface area contributed by atoms with Crippen LogP contribution in [0.15, 0.2) is 12.1 Å². The van der Waals surface area contributed by atoms with E-state index in [4.69, 9.17) is 5.11 Å². The molecule has 6 heteroatoms. The molecule has 0 aliphatic rings. The van der Waals surface area contributed by atoms with E-state index in [0.29, 0.717) is 19.5 Å². The molecule has 112 valence electrons. The van der Waals surface area contributed by atoms with Gasteiger partial charge in [0.1, 0.15) is 0 Å². The Morgan fingerprint density at radius 3 is 2.50 bits per heavy atom. The van der Waals surface area contributed by atoms with Crippen molar-refractivity contribution >= 4 is 23.2 Å². The molecule has 0 bridgehead atoms. The molecule has 0 aliphatic heterocycles. The first-order chi connectivity index (χ1) is 9.56. The van der Waals surface area contributed by atoms with Crippen LogP contribution in [-0.2, 0) is 22.6 Å². The second kappa shape index (κ2) is 8.71. The largest absolute Gasteiger partial charge is 0.481 e. The first-order valence-electron chi connectivity index (χ1n) is 6.84. The highest BCUT2D eigenvalue weighted by Crippen LogP contribution is 2.16. The Labute approximate surface area is 123 Å². The summed E-state index contributed by atoms with van der Waals surface area (Å²) >= 11 is 1.50. The number of amides is 1. The predicted molar refractivity (Wildman–Crippen MR) is 79.9 cm³/mol. The van der Waals surface area contributed by atoms with E-state index in [1.165, 1.54) is 11.3 Å². The molecule has 5 nitrogen and oxygen atoms in total. The van der Waals surface area contributed by atoms with E-state index in [2.05, 4.69) is 5.32 Å². The molecule has 0 aromatic carbocycles. The quantitative estimate of drug-likeness (QED) is 0.681. The van der Waals surface area contributed by atoms with Crippen LogP contribution in [0.5, 0.6) is 0 Å². The number of hydrogen-bond donors (Lipinski definition) is 2. The molecule has 1 aromatic heterocycles. The first-order valence-corrected chi connectivity index (χ1v) is 7.66. The molecule has 0 atom stereocenters. The molecule has 0 saturated carbocycles. The van der Waals surface area contributed by atoms with E-state index < -0.39 is 5.97 Å². The standard InChI is InChI=1S/C14H22N2O3S/c1-3-16(4-2)13(17)7-8-15-10-12-6-5-11(20-12)9-14(18)19/h5-6,15H,3-4,7-10H2,1-2H3,(H,18,19). The molecule has 1 heterocycles. The number of thiophene rings is 1. The summed E-state index contributed by atoms with van der Waals surface area (Å²) in [7, 11) is 0. The molecular weight excluding hydrogens is 276 g/mol. The molecule has 1 rings (SSSR count). The van der Waals surface area contributed by atoms with E-state index >= 15 is 0 Å². The van der Waals surface area contributed by atoms with E-state index in [-0.39, 0.29) is 12.3 Å². The van der Waals surface area contributed by atoms with Gasteiger partial charge in [0.15, 0.2) is 0 Å². The number of nitrogens with one attached hydrogen (secondary N) is 1. The Morgan fingerprint density at radius 2 is 1.90 bits per heavy atom. The summed E-state index contributed by atoms with van der Waals surface area (Å²) in [5, 5.41) is 11.9. The van der Waals surface area contributed by atoms with Crippen molar-refractivity contribution in [2.75, 3.05) is 19.6 Å². The number of hydrogen-bond acceptors (Lipinski definition) is 4. The molecule has 1 amide bonds. The van der Waals surface area contributed by atoms with Crippen LogP contribution in [0.3, 0.4) is 0 Å². The molecule has 0 unspecified atom stereocenters. The average Bonchev–Trinajstić information content (AvgIpc) is 2.83. The van der Waals surface area contributed by atoms with Crippen LogP contribution in [0.4, 0.5) is 0 Å². The van der Waals surface area contributed by atoms with Crippen molar-refractivity contribution in [3.8, 4) is 0 Å². The third-order valence-corrected chi connectivity index (χ3v) is 4.06. The van der Waals surface area contributed by atoms with Crippen LogP contribution < -0.4 is 5.32 Å². The van der Waals surface area contributed by atoms with Crippen LogP contribution in [0.2, 0.25) is 0 Å². The lowest BCUT2D eigenvalue weighted by atomic mass is 10.3. The fraction of sp³-hybridized carbons (Fsp3) is 0.571. The monoisotopic (exact) mass is 298 g/mol. The van der Waals surface area contributed by atoms with Crippen molar-refractivity contribution in [3.05, 3.63) is 21.9 Å². The van der Waals surface area contributed by atoms with Crippen LogP contribution in [0, 0.1) is 0 Å². The van der Waals surface area contributed by atoms with Gasteiger partial charge in [-0.1, -0.05) is 0 Å². The van der Waals surface area contributed by atoms with Gasteiger partial charge in [-0.05, 0) is 26.0 Å². The fourth-order valence-corrected chi connectivity index (χ4v) is 2.88. The summed E-state index contributed by atoms with van der Waals surface area (Å²) in [4.78, 5) is 26.1. The summed E-state index contributed by atoms with van der Waals surface area (Å²) in [6, 6.07) is 3.78. The number of carbonyl (C=O) groups is 2. The van der Waals surface area contributed by atoms with Gasteiger partial charge >= 0.3 is 5.97 Å². The van der Waals surface area contributed by atoms with E-state index in [9.17, 15) is 9.59 Å². The molecule has 0 radical (unpaired) electrons. The third-order valence-electron chi connectivity index (χ3n) is 2.97. The summed E-state index contributed by atoms with van der Waals surface area (Å²) < 4.78 is 0. The van der Waals surface area contributed by atoms with Crippen LogP contribution in [-0.4, -0.2) is 41.5 Å². The smallest absolute Gasteiger partial charge is 0.308 e. The molecule has 2 N–H and O–H groups in total. The third kappa shape index (κ3) is 5.71. The molecule has 0 saturated heterocycles.